The van der Waals surface area contributed by atoms with Crippen LogP contribution in [0.3, 0.4) is 0 Å². The van der Waals surface area contributed by atoms with Gasteiger partial charge in [0.2, 0.25) is 5.14 Å². The number of carbonyl (C=O) groups excluding carboxylic acids is 1. The lowest BCUT2D eigenvalue weighted by atomic mass is 10.2. The Hall–Kier alpha value is -1.29. The maximum atomic E-state index is 10.8. The molecule has 0 spiro atoms. The minimum Gasteiger partial charge on any atom is -0.466 e. The van der Waals surface area contributed by atoms with Crippen LogP contribution in [-0.4, -0.2) is 11.4 Å². The van der Waals surface area contributed by atoms with Crippen LogP contribution < -0.4 is 4.90 Å². The summed E-state index contributed by atoms with van der Waals surface area (Å²) in [5, 5.41) is -0.233. The molecule has 0 bridgehead atoms. The summed E-state index contributed by atoms with van der Waals surface area (Å²) in [6.45, 7) is 0. The molecule has 2 rings (SSSR count). The largest absolute Gasteiger partial charge is 0.466 e. The number of halogens is 1. The van der Waals surface area contributed by atoms with Crippen molar-refractivity contribution in [3.05, 3.63) is 42.3 Å². The summed E-state index contributed by atoms with van der Waals surface area (Å²) in [7, 11) is 0. The number of alkyl halides is 1. The van der Waals surface area contributed by atoms with Crippen molar-refractivity contribution in [1.82, 2.24) is 0 Å². The number of anilines is 1. The lowest BCUT2D eigenvalue weighted by Gasteiger charge is -2.20. The topological polar surface area (TPSA) is 29.5 Å². The van der Waals surface area contributed by atoms with Crippen LogP contribution >= 0.6 is 15.9 Å². The van der Waals surface area contributed by atoms with Gasteiger partial charge in [-0.05, 0) is 28.1 Å². The number of para-hydroxylation sites is 1. The standard InChI is InChI=1S/C10H8BrNO2/c11-10-12(5-6-14-10)9-4-2-1-3-8(9)7-13/h1-7,10H. The van der Waals surface area contributed by atoms with Crippen molar-refractivity contribution < 1.29 is 9.53 Å². The molecule has 0 amide bonds. The Morgan fingerprint density at radius 1 is 1.43 bits per heavy atom. The maximum absolute atomic E-state index is 10.8. The second kappa shape index (κ2) is 3.84. The lowest BCUT2D eigenvalue weighted by Crippen LogP contribution is -2.22. The Bertz CT molecular complexity index is 378. The molecular formula is C10H8BrNO2. The van der Waals surface area contributed by atoms with Gasteiger partial charge in [0, 0.05) is 11.8 Å². The lowest BCUT2D eigenvalue weighted by molar-refractivity contribution is 0.112. The molecule has 0 saturated carbocycles. The Balaban J connectivity index is 2.39. The number of aldehydes is 1. The Labute approximate surface area is 90.1 Å². The number of rotatable bonds is 2. The molecule has 72 valence electrons. The third-order valence-electron chi connectivity index (χ3n) is 1.97. The van der Waals surface area contributed by atoms with Crippen molar-refractivity contribution in [3.8, 4) is 0 Å². The molecule has 3 nitrogen and oxygen atoms in total. The van der Waals surface area contributed by atoms with E-state index < -0.39 is 0 Å². The van der Waals surface area contributed by atoms with Gasteiger partial charge in [-0.3, -0.25) is 9.69 Å². The average Bonchev–Trinajstić information content (AvgIpc) is 2.64. The molecule has 1 heterocycles. The smallest absolute Gasteiger partial charge is 0.232 e. The minimum absolute atomic E-state index is 0.233. The summed E-state index contributed by atoms with van der Waals surface area (Å²) in [5.74, 6) is 0. The Morgan fingerprint density at radius 3 is 2.86 bits per heavy atom. The van der Waals surface area contributed by atoms with Crippen molar-refractivity contribution >= 4 is 27.9 Å². The van der Waals surface area contributed by atoms with E-state index in [1.165, 1.54) is 0 Å². The molecule has 4 heteroatoms. The van der Waals surface area contributed by atoms with E-state index in [-0.39, 0.29) is 5.14 Å². The molecule has 1 aromatic rings. The van der Waals surface area contributed by atoms with E-state index in [1.807, 2.05) is 23.1 Å². The van der Waals surface area contributed by atoms with Crippen molar-refractivity contribution in [2.24, 2.45) is 0 Å². The Kier molecular flexibility index (Phi) is 2.54. The van der Waals surface area contributed by atoms with Crippen LogP contribution in [0.15, 0.2) is 36.7 Å². The SMILES string of the molecule is O=Cc1ccccc1N1C=COC1Br. The molecule has 1 aliphatic rings. The molecule has 1 aliphatic heterocycles. The first-order chi connectivity index (χ1) is 6.83. The van der Waals surface area contributed by atoms with Gasteiger partial charge < -0.3 is 4.74 Å². The third-order valence-corrected chi connectivity index (χ3v) is 2.63. The summed E-state index contributed by atoms with van der Waals surface area (Å²) in [6, 6.07) is 7.36. The van der Waals surface area contributed by atoms with E-state index in [9.17, 15) is 4.79 Å². The first-order valence-corrected chi connectivity index (χ1v) is 5.03. The van der Waals surface area contributed by atoms with Crippen LogP contribution in [0.5, 0.6) is 0 Å². The zero-order valence-corrected chi connectivity index (χ0v) is 8.85. The average molecular weight is 254 g/mol. The molecule has 14 heavy (non-hydrogen) atoms. The van der Waals surface area contributed by atoms with E-state index in [0.29, 0.717) is 5.56 Å². The van der Waals surface area contributed by atoms with Gasteiger partial charge in [0.15, 0.2) is 6.29 Å². The summed E-state index contributed by atoms with van der Waals surface area (Å²) >= 11 is 3.33. The maximum Gasteiger partial charge on any atom is 0.232 e. The van der Waals surface area contributed by atoms with Crippen LogP contribution in [0.2, 0.25) is 0 Å². The predicted molar refractivity (Wildman–Crippen MR) is 57.2 cm³/mol. The van der Waals surface area contributed by atoms with Gasteiger partial charge in [-0.15, -0.1) is 0 Å². The zero-order valence-electron chi connectivity index (χ0n) is 7.26. The monoisotopic (exact) mass is 253 g/mol. The number of hydrogen-bond acceptors (Lipinski definition) is 3. The molecule has 0 aromatic heterocycles. The second-order valence-corrected chi connectivity index (χ2v) is 3.58. The first-order valence-electron chi connectivity index (χ1n) is 4.11. The number of benzene rings is 1. The molecule has 1 aromatic carbocycles. The molecule has 0 radical (unpaired) electrons. The van der Waals surface area contributed by atoms with Gasteiger partial charge in [0.25, 0.3) is 0 Å². The van der Waals surface area contributed by atoms with E-state index in [2.05, 4.69) is 15.9 Å². The van der Waals surface area contributed by atoms with Crippen molar-refractivity contribution in [1.29, 1.82) is 0 Å². The van der Waals surface area contributed by atoms with Crippen LogP contribution in [0.1, 0.15) is 10.4 Å². The van der Waals surface area contributed by atoms with Gasteiger partial charge in [0.05, 0.1) is 5.69 Å². The minimum atomic E-state index is -0.233. The predicted octanol–water partition coefficient (Wildman–Crippen LogP) is 2.49. The van der Waals surface area contributed by atoms with Gasteiger partial charge >= 0.3 is 0 Å². The normalized spacial score (nSPS) is 19.5. The van der Waals surface area contributed by atoms with Crippen LogP contribution in [-0.2, 0) is 4.74 Å². The highest BCUT2D eigenvalue weighted by atomic mass is 79.9. The molecule has 1 atom stereocenters. The summed E-state index contributed by atoms with van der Waals surface area (Å²) < 4.78 is 5.17. The van der Waals surface area contributed by atoms with E-state index in [1.54, 1.807) is 18.5 Å². The molecule has 0 N–H and O–H groups in total. The second-order valence-electron chi connectivity index (χ2n) is 2.80. The fourth-order valence-electron chi connectivity index (χ4n) is 1.31. The van der Waals surface area contributed by atoms with Crippen molar-refractivity contribution in [3.63, 3.8) is 0 Å². The Morgan fingerprint density at radius 2 is 2.21 bits per heavy atom. The quantitative estimate of drug-likeness (QED) is 0.461. The molecule has 0 fully saturated rings. The van der Waals surface area contributed by atoms with Crippen LogP contribution in [0.25, 0.3) is 0 Å². The fraction of sp³-hybridized carbons (Fsp3) is 0.100. The van der Waals surface area contributed by atoms with E-state index in [4.69, 9.17) is 4.74 Å². The van der Waals surface area contributed by atoms with Gasteiger partial charge in [-0.1, -0.05) is 12.1 Å². The van der Waals surface area contributed by atoms with E-state index in [0.717, 1.165) is 12.0 Å². The summed E-state index contributed by atoms with van der Waals surface area (Å²) in [6.07, 6.45) is 4.20. The summed E-state index contributed by atoms with van der Waals surface area (Å²) in [4.78, 5) is 12.6. The first kappa shape index (κ1) is 9.27. The highest BCUT2D eigenvalue weighted by Crippen LogP contribution is 2.27. The van der Waals surface area contributed by atoms with Crippen molar-refractivity contribution in [2.45, 2.75) is 5.14 Å². The molecule has 0 aliphatic carbocycles. The summed E-state index contributed by atoms with van der Waals surface area (Å²) in [5.41, 5.74) is 1.48. The highest BCUT2D eigenvalue weighted by Gasteiger charge is 2.20. The number of hydrogen-bond donors (Lipinski definition) is 0. The third kappa shape index (κ3) is 1.53. The van der Waals surface area contributed by atoms with Gasteiger partial charge in [-0.25, -0.2) is 0 Å². The van der Waals surface area contributed by atoms with Crippen LogP contribution in [0.4, 0.5) is 5.69 Å². The van der Waals surface area contributed by atoms with Crippen LogP contribution in [0, 0.1) is 0 Å². The molecule has 0 saturated heterocycles. The fourth-order valence-corrected chi connectivity index (χ4v) is 1.79. The van der Waals surface area contributed by atoms with E-state index >= 15 is 0 Å². The number of ether oxygens (including phenoxy) is 1. The molecule has 1 unspecified atom stereocenters. The zero-order chi connectivity index (χ0) is 9.97. The number of carbonyl (C=O) groups is 1. The van der Waals surface area contributed by atoms with Gasteiger partial charge in [0.1, 0.15) is 6.26 Å². The number of nitrogens with zero attached hydrogens (tertiary/aromatic N) is 1. The van der Waals surface area contributed by atoms with Gasteiger partial charge in [-0.2, -0.15) is 0 Å². The highest BCUT2D eigenvalue weighted by molar-refractivity contribution is 9.09. The molecular weight excluding hydrogens is 246 g/mol. The van der Waals surface area contributed by atoms with Crippen molar-refractivity contribution in [2.75, 3.05) is 4.90 Å².